The van der Waals surface area contributed by atoms with E-state index in [2.05, 4.69) is 13.1 Å². The summed E-state index contributed by atoms with van der Waals surface area (Å²) in [6, 6.07) is 0. The molecule has 5 heavy (non-hydrogen) atoms. The van der Waals surface area contributed by atoms with Gasteiger partial charge in [-0.15, -0.1) is 0 Å². The Kier molecular flexibility index (Phi) is 2.50. The van der Waals surface area contributed by atoms with E-state index in [1.165, 1.54) is 0 Å². The third-order valence-corrected chi connectivity index (χ3v) is 1.15. The summed E-state index contributed by atoms with van der Waals surface area (Å²) in [5, 5.41) is 0. The summed E-state index contributed by atoms with van der Waals surface area (Å²) < 4.78 is 0. The fourth-order valence-corrected chi connectivity index (χ4v) is 0. The lowest BCUT2D eigenvalue weighted by atomic mass is 11.5. The van der Waals surface area contributed by atoms with Crippen LogP contribution in [0.15, 0.2) is 0 Å². The van der Waals surface area contributed by atoms with Crippen LogP contribution < -0.4 is 5.73 Å². The predicted octanol–water partition coefficient (Wildman–Crippen LogP) is 0.133. The maximum Gasteiger partial charge on any atom is 0.0518 e. The highest BCUT2D eigenvalue weighted by molar-refractivity contribution is 6.59. The van der Waals surface area contributed by atoms with Gasteiger partial charge in [0.25, 0.3) is 0 Å². The highest BCUT2D eigenvalue weighted by Gasteiger charge is 1.84. The molecule has 1 radical (unpaired) electrons. The van der Waals surface area contributed by atoms with Crippen molar-refractivity contribution in [3.05, 3.63) is 6.17 Å². The molecular weight excluding hydrogens is 78.1 g/mol. The van der Waals surface area contributed by atoms with Crippen LogP contribution >= 0.6 is 0 Å². The quantitative estimate of drug-likeness (QED) is 0.453. The Morgan fingerprint density at radius 3 is 1.80 bits per heavy atom. The van der Waals surface area contributed by atoms with Crippen molar-refractivity contribution in [2.45, 2.75) is 13.1 Å². The van der Waals surface area contributed by atoms with Crippen LogP contribution in [0.5, 0.6) is 0 Å². The van der Waals surface area contributed by atoms with Crippen LogP contribution in [0.25, 0.3) is 0 Å². The van der Waals surface area contributed by atoms with Crippen LogP contribution in [0.2, 0.25) is 13.1 Å². The van der Waals surface area contributed by atoms with E-state index in [1.54, 1.807) is 6.17 Å². The predicted molar refractivity (Wildman–Crippen MR) is 27.4 cm³/mol. The summed E-state index contributed by atoms with van der Waals surface area (Å²) in [4.78, 5) is 0. The second-order valence-corrected chi connectivity index (χ2v) is 4.31. The number of rotatable bonds is 1. The van der Waals surface area contributed by atoms with Crippen LogP contribution in [-0.2, 0) is 0 Å². The van der Waals surface area contributed by atoms with E-state index in [9.17, 15) is 0 Å². The van der Waals surface area contributed by atoms with Crippen LogP contribution in [0, 0.1) is 6.17 Å². The van der Waals surface area contributed by atoms with Crippen molar-refractivity contribution in [2.24, 2.45) is 5.73 Å². The van der Waals surface area contributed by atoms with Crippen molar-refractivity contribution in [2.75, 3.05) is 0 Å². The van der Waals surface area contributed by atoms with Gasteiger partial charge in [0.2, 0.25) is 0 Å². The van der Waals surface area contributed by atoms with Gasteiger partial charge in [0.05, 0.1) is 8.80 Å². The summed E-state index contributed by atoms with van der Waals surface area (Å²) in [6.07, 6.45) is 1.81. The first-order chi connectivity index (χ1) is 2.27. The van der Waals surface area contributed by atoms with E-state index in [0.29, 0.717) is 0 Å². The van der Waals surface area contributed by atoms with Gasteiger partial charge in [0, 0.05) is 6.17 Å². The molecule has 0 amide bonds. The highest BCUT2D eigenvalue weighted by Crippen LogP contribution is 1.73. The molecule has 0 rings (SSSR count). The Labute approximate surface area is 34.8 Å². The second kappa shape index (κ2) is 2.42. The molecule has 0 saturated carbocycles. The van der Waals surface area contributed by atoms with Crippen molar-refractivity contribution >= 4 is 8.80 Å². The van der Waals surface area contributed by atoms with E-state index < -0.39 is 8.80 Å². The van der Waals surface area contributed by atoms with Gasteiger partial charge in [-0.2, -0.15) is 0 Å². The molecule has 0 spiro atoms. The summed E-state index contributed by atoms with van der Waals surface area (Å²) in [5.74, 6) is 0. The zero-order valence-corrected chi connectivity index (χ0v) is 4.89. The molecule has 0 unspecified atom stereocenters. The minimum atomic E-state index is -0.497. The fraction of sp³-hybridized carbons (Fsp3) is 0.667. The molecule has 0 atom stereocenters. The van der Waals surface area contributed by atoms with Gasteiger partial charge in [-0.05, 0) is 0 Å². The molecule has 31 valence electrons. The minimum absolute atomic E-state index is 0.497. The second-order valence-electron chi connectivity index (χ2n) is 1.44. The summed E-state index contributed by atoms with van der Waals surface area (Å²) in [6.45, 7) is 4.36. The number of hydrogen-bond acceptors (Lipinski definition) is 1. The molecule has 0 aromatic carbocycles. The largest absolute Gasteiger partial charge is 0.329 e. The molecule has 0 aliphatic heterocycles. The molecular formula is C3H10NSi. The summed E-state index contributed by atoms with van der Waals surface area (Å²) in [5.41, 5.74) is 5.11. The molecule has 0 aliphatic carbocycles. The molecule has 0 aliphatic rings. The average Bonchev–Trinajstić information content (AvgIpc) is 1.38. The lowest BCUT2D eigenvalue weighted by molar-refractivity contribution is 1.51. The van der Waals surface area contributed by atoms with Gasteiger partial charge >= 0.3 is 0 Å². The fourth-order valence-electron chi connectivity index (χ4n) is 0. The SMILES string of the molecule is C[SiH](C)[CH]N. The van der Waals surface area contributed by atoms with E-state index in [0.717, 1.165) is 0 Å². The third kappa shape index (κ3) is 4.18. The molecule has 2 N–H and O–H groups in total. The van der Waals surface area contributed by atoms with Crippen molar-refractivity contribution in [1.82, 2.24) is 0 Å². The Hall–Kier alpha value is 0.177. The van der Waals surface area contributed by atoms with Crippen LogP contribution in [0.4, 0.5) is 0 Å². The Balaban J connectivity index is 2.54. The maximum absolute atomic E-state index is 5.11. The molecule has 0 aromatic heterocycles. The summed E-state index contributed by atoms with van der Waals surface area (Å²) in [7, 11) is -0.497. The zero-order chi connectivity index (χ0) is 4.28. The van der Waals surface area contributed by atoms with Crippen LogP contribution in [0.1, 0.15) is 0 Å². The lowest BCUT2D eigenvalue weighted by Gasteiger charge is -1.87. The third-order valence-electron chi connectivity index (χ3n) is 0.385. The van der Waals surface area contributed by atoms with E-state index in [4.69, 9.17) is 5.73 Å². The molecule has 0 heterocycles. The van der Waals surface area contributed by atoms with Gasteiger partial charge in [-0.1, -0.05) is 13.1 Å². The Morgan fingerprint density at radius 1 is 1.60 bits per heavy atom. The van der Waals surface area contributed by atoms with Gasteiger partial charge in [0.15, 0.2) is 0 Å². The molecule has 0 aromatic rings. The van der Waals surface area contributed by atoms with Crippen LogP contribution in [-0.4, -0.2) is 8.80 Å². The van der Waals surface area contributed by atoms with Crippen molar-refractivity contribution in [1.29, 1.82) is 0 Å². The monoisotopic (exact) mass is 88.1 g/mol. The van der Waals surface area contributed by atoms with Gasteiger partial charge < -0.3 is 5.73 Å². The van der Waals surface area contributed by atoms with Crippen molar-refractivity contribution < 1.29 is 0 Å². The number of nitrogens with two attached hydrogens (primary N) is 1. The molecule has 0 saturated heterocycles. The smallest absolute Gasteiger partial charge is 0.0518 e. The van der Waals surface area contributed by atoms with Gasteiger partial charge in [-0.3, -0.25) is 0 Å². The zero-order valence-electron chi connectivity index (χ0n) is 3.73. The normalized spacial score (nSPS) is 9.60. The van der Waals surface area contributed by atoms with E-state index in [-0.39, 0.29) is 0 Å². The topological polar surface area (TPSA) is 26.0 Å². The highest BCUT2D eigenvalue weighted by atomic mass is 28.3. The first-order valence-electron chi connectivity index (χ1n) is 1.82. The molecule has 2 heteroatoms. The molecule has 1 nitrogen and oxygen atoms in total. The maximum atomic E-state index is 5.11. The van der Waals surface area contributed by atoms with Gasteiger partial charge in [-0.25, -0.2) is 0 Å². The molecule has 0 fully saturated rings. The standard InChI is InChI=1S/C3H10NSi/c1-5(2)3-4/h3,5H,4H2,1-2H3. The average molecular weight is 88.2 g/mol. The Bertz CT molecular complexity index is 20.9. The van der Waals surface area contributed by atoms with E-state index >= 15 is 0 Å². The molecule has 0 bridgehead atoms. The summed E-state index contributed by atoms with van der Waals surface area (Å²) >= 11 is 0. The minimum Gasteiger partial charge on any atom is -0.329 e. The Morgan fingerprint density at radius 2 is 1.80 bits per heavy atom. The first-order valence-corrected chi connectivity index (χ1v) is 4.80. The van der Waals surface area contributed by atoms with E-state index in [1.807, 2.05) is 0 Å². The van der Waals surface area contributed by atoms with Crippen molar-refractivity contribution in [3.8, 4) is 0 Å². The van der Waals surface area contributed by atoms with Gasteiger partial charge in [0.1, 0.15) is 0 Å². The van der Waals surface area contributed by atoms with Crippen LogP contribution in [0.3, 0.4) is 0 Å². The number of hydrogen-bond donors (Lipinski definition) is 1. The first kappa shape index (κ1) is 5.18. The lowest BCUT2D eigenvalue weighted by Crippen LogP contribution is -2.08. The van der Waals surface area contributed by atoms with Crippen molar-refractivity contribution in [3.63, 3.8) is 0 Å².